The van der Waals surface area contributed by atoms with E-state index in [9.17, 15) is 4.79 Å². The number of aliphatic carboxylic acids is 1. The van der Waals surface area contributed by atoms with E-state index in [4.69, 9.17) is 5.11 Å². The van der Waals surface area contributed by atoms with Crippen molar-refractivity contribution in [2.45, 2.75) is 71.0 Å². The number of carboxylic acid groups (broad SMARTS) is 1. The van der Waals surface area contributed by atoms with Gasteiger partial charge in [-0.3, -0.25) is 9.69 Å². The van der Waals surface area contributed by atoms with Gasteiger partial charge in [-0.05, 0) is 50.5 Å². The van der Waals surface area contributed by atoms with Crippen molar-refractivity contribution in [3.63, 3.8) is 0 Å². The molecule has 2 atom stereocenters. The van der Waals surface area contributed by atoms with E-state index in [2.05, 4.69) is 24.1 Å². The smallest absolute Gasteiger partial charge is 0.317 e. The van der Waals surface area contributed by atoms with Crippen LogP contribution < -0.4 is 5.32 Å². The number of nitrogens with zero attached hydrogens (tertiary/aromatic N) is 1. The van der Waals surface area contributed by atoms with Crippen molar-refractivity contribution in [1.82, 2.24) is 10.2 Å². The van der Waals surface area contributed by atoms with E-state index in [1.54, 1.807) is 0 Å². The summed E-state index contributed by atoms with van der Waals surface area (Å²) in [6, 6.07) is 1.74. The molecule has 4 heteroatoms. The van der Waals surface area contributed by atoms with Crippen LogP contribution in [0.2, 0.25) is 0 Å². The Morgan fingerprint density at radius 1 is 1.10 bits per heavy atom. The lowest BCUT2D eigenvalue weighted by Crippen LogP contribution is -2.56. The third kappa shape index (κ3) is 4.19. The molecule has 0 amide bonds. The summed E-state index contributed by atoms with van der Waals surface area (Å²) in [5, 5.41) is 12.7. The summed E-state index contributed by atoms with van der Waals surface area (Å²) in [7, 11) is 0. The molecule has 0 heterocycles. The van der Waals surface area contributed by atoms with E-state index in [0.29, 0.717) is 18.1 Å². The molecule has 0 aliphatic heterocycles. The minimum Gasteiger partial charge on any atom is -0.480 e. The topological polar surface area (TPSA) is 52.6 Å². The molecule has 0 radical (unpaired) electrons. The lowest BCUT2D eigenvalue weighted by Gasteiger charge is -2.45. The van der Waals surface area contributed by atoms with Gasteiger partial charge in [0.2, 0.25) is 0 Å². The molecule has 116 valence electrons. The molecule has 2 unspecified atom stereocenters. The first-order valence-electron chi connectivity index (χ1n) is 8.19. The van der Waals surface area contributed by atoms with Gasteiger partial charge >= 0.3 is 5.97 Å². The maximum absolute atomic E-state index is 10.8. The van der Waals surface area contributed by atoms with Crippen LogP contribution in [-0.4, -0.2) is 47.2 Å². The zero-order chi connectivity index (χ0) is 14.7. The maximum atomic E-state index is 10.8. The molecule has 0 aromatic heterocycles. The van der Waals surface area contributed by atoms with Crippen LogP contribution in [0.1, 0.15) is 52.9 Å². The fraction of sp³-hybridized carbons (Fsp3) is 0.938. The number of likely N-dealkylation sites (N-methyl/N-ethyl adjacent to an activating group) is 1. The molecule has 2 rings (SSSR count). The molecule has 0 bridgehead atoms. The van der Waals surface area contributed by atoms with Gasteiger partial charge in [-0.1, -0.05) is 20.8 Å². The molecule has 0 spiro atoms. The fourth-order valence-electron chi connectivity index (χ4n) is 4.11. The summed E-state index contributed by atoms with van der Waals surface area (Å²) in [4.78, 5) is 12.9. The Morgan fingerprint density at radius 3 is 2.15 bits per heavy atom. The molecule has 2 N–H and O–H groups in total. The highest BCUT2D eigenvalue weighted by Gasteiger charge is 2.35. The predicted octanol–water partition coefficient (Wildman–Crippen LogP) is 2.34. The second-order valence-electron chi connectivity index (χ2n) is 7.06. The highest BCUT2D eigenvalue weighted by Crippen LogP contribution is 2.32. The Bertz CT molecular complexity index is 318. The zero-order valence-electron chi connectivity index (χ0n) is 13.1. The summed E-state index contributed by atoms with van der Waals surface area (Å²) in [5.41, 5.74) is 0. The summed E-state index contributed by atoms with van der Waals surface area (Å²) in [6.45, 7) is 7.79. The molecular formula is C16H30N2O2. The second kappa shape index (κ2) is 6.90. The van der Waals surface area contributed by atoms with Gasteiger partial charge in [-0.25, -0.2) is 0 Å². The summed E-state index contributed by atoms with van der Waals surface area (Å²) in [5.74, 6) is 0.968. The third-order valence-electron chi connectivity index (χ3n) is 5.02. The van der Waals surface area contributed by atoms with Gasteiger partial charge in [0, 0.05) is 18.1 Å². The predicted molar refractivity (Wildman–Crippen MR) is 80.8 cm³/mol. The Labute approximate surface area is 122 Å². The molecule has 2 aliphatic rings. The van der Waals surface area contributed by atoms with E-state index in [1.807, 2.05) is 6.92 Å². The second-order valence-corrected chi connectivity index (χ2v) is 7.06. The van der Waals surface area contributed by atoms with E-state index < -0.39 is 5.97 Å². The number of hydrogen-bond donors (Lipinski definition) is 2. The number of nitrogens with one attached hydrogen (secondary N) is 1. The fourth-order valence-corrected chi connectivity index (χ4v) is 4.11. The highest BCUT2D eigenvalue weighted by molar-refractivity contribution is 5.69. The number of carbonyl (C=O) groups is 1. The van der Waals surface area contributed by atoms with E-state index >= 15 is 0 Å². The lowest BCUT2D eigenvalue weighted by atomic mass is 9.78. The van der Waals surface area contributed by atoms with Crippen LogP contribution in [-0.2, 0) is 4.79 Å². The highest BCUT2D eigenvalue weighted by atomic mass is 16.4. The molecule has 2 aliphatic carbocycles. The largest absolute Gasteiger partial charge is 0.480 e. The first-order valence-corrected chi connectivity index (χ1v) is 8.19. The maximum Gasteiger partial charge on any atom is 0.317 e. The van der Waals surface area contributed by atoms with Crippen molar-refractivity contribution in [3.8, 4) is 0 Å². The Hall–Kier alpha value is -0.610. The quantitative estimate of drug-likeness (QED) is 0.785. The zero-order valence-corrected chi connectivity index (χ0v) is 13.1. The summed E-state index contributed by atoms with van der Waals surface area (Å²) in [6.07, 6.45) is 6.20. The molecule has 0 aromatic carbocycles. The molecule has 4 nitrogen and oxygen atoms in total. The molecule has 2 saturated carbocycles. The first kappa shape index (κ1) is 15.8. The van der Waals surface area contributed by atoms with E-state index in [1.165, 1.54) is 19.3 Å². The van der Waals surface area contributed by atoms with Crippen LogP contribution in [0.3, 0.4) is 0 Å². The van der Waals surface area contributed by atoms with Crippen molar-refractivity contribution in [1.29, 1.82) is 0 Å². The number of carboxylic acids is 1. The van der Waals surface area contributed by atoms with Crippen LogP contribution in [0.4, 0.5) is 0 Å². The van der Waals surface area contributed by atoms with Crippen LogP contribution in [0.5, 0.6) is 0 Å². The Balaban J connectivity index is 1.72. The van der Waals surface area contributed by atoms with Gasteiger partial charge in [0.05, 0.1) is 6.54 Å². The van der Waals surface area contributed by atoms with Gasteiger partial charge in [0.15, 0.2) is 0 Å². The SMILES string of the molecule is CCN(CC(=O)O)C1CC(NC2CC(C)CC(C)C2)C1. The average molecular weight is 282 g/mol. The molecular weight excluding hydrogens is 252 g/mol. The van der Waals surface area contributed by atoms with Crippen LogP contribution in [0.25, 0.3) is 0 Å². The summed E-state index contributed by atoms with van der Waals surface area (Å²) < 4.78 is 0. The minimum atomic E-state index is -0.710. The van der Waals surface area contributed by atoms with E-state index in [-0.39, 0.29) is 6.54 Å². The van der Waals surface area contributed by atoms with Gasteiger partial charge in [-0.2, -0.15) is 0 Å². The minimum absolute atomic E-state index is 0.186. The van der Waals surface area contributed by atoms with Crippen molar-refractivity contribution >= 4 is 5.97 Å². The van der Waals surface area contributed by atoms with E-state index in [0.717, 1.165) is 31.2 Å². The van der Waals surface area contributed by atoms with Crippen LogP contribution in [0.15, 0.2) is 0 Å². The van der Waals surface area contributed by atoms with Crippen molar-refractivity contribution in [2.24, 2.45) is 11.8 Å². The van der Waals surface area contributed by atoms with Crippen molar-refractivity contribution in [3.05, 3.63) is 0 Å². The van der Waals surface area contributed by atoms with Crippen LogP contribution >= 0.6 is 0 Å². The Morgan fingerprint density at radius 2 is 1.65 bits per heavy atom. The van der Waals surface area contributed by atoms with Gasteiger partial charge in [0.1, 0.15) is 0 Å². The van der Waals surface area contributed by atoms with Crippen LogP contribution in [0, 0.1) is 11.8 Å². The van der Waals surface area contributed by atoms with Crippen molar-refractivity contribution in [2.75, 3.05) is 13.1 Å². The average Bonchev–Trinajstić information content (AvgIpc) is 2.29. The normalized spacial score (nSPS) is 37.7. The van der Waals surface area contributed by atoms with Crippen molar-refractivity contribution < 1.29 is 9.90 Å². The third-order valence-corrected chi connectivity index (χ3v) is 5.02. The molecule has 20 heavy (non-hydrogen) atoms. The number of rotatable bonds is 6. The Kier molecular flexibility index (Phi) is 5.44. The van der Waals surface area contributed by atoms with Gasteiger partial charge in [-0.15, -0.1) is 0 Å². The molecule has 2 fully saturated rings. The first-order chi connectivity index (χ1) is 9.47. The standard InChI is InChI=1S/C16H30N2O2/c1-4-18(10-16(19)20)15-8-14(9-15)17-13-6-11(2)5-12(3)7-13/h11-15,17H,4-10H2,1-3H3,(H,19,20). The number of hydrogen-bond acceptors (Lipinski definition) is 3. The van der Waals surface area contributed by atoms with Gasteiger partial charge in [0.25, 0.3) is 0 Å². The molecule has 0 saturated heterocycles. The summed E-state index contributed by atoms with van der Waals surface area (Å²) >= 11 is 0. The molecule has 0 aromatic rings. The lowest BCUT2D eigenvalue weighted by molar-refractivity contribution is -0.139. The van der Waals surface area contributed by atoms with Gasteiger partial charge < -0.3 is 10.4 Å². The monoisotopic (exact) mass is 282 g/mol.